The van der Waals surface area contributed by atoms with E-state index in [2.05, 4.69) is 29.0 Å². The van der Waals surface area contributed by atoms with Crippen LogP contribution in [-0.4, -0.2) is 18.2 Å². The molecule has 1 aromatic carbocycles. The fourth-order valence-electron chi connectivity index (χ4n) is 2.16. The number of nitrogens with zero attached hydrogens (tertiary/aromatic N) is 2. The summed E-state index contributed by atoms with van der Waals surface area (Å²) in [7, 11) is 0. The highest BCUT2D eigenvalue weighted by Gasteiger charge is 2.28. The van der Waals surface area contributed by atoms with Crippen molar-refractivity contribution in [1.82, 2.24) is 0 Å². The Morgan fingerprint density at radius 1 is 1.24 bits per heavy atom. The first-order valence-corrected chi connectivity index (χ1v) is 5.65. The lowest BCUT2D eigenvalue weighted by molar-refractivity contribution is -0.109. The quantitative estimate of drug-likeness (QED) is 0.722. The molecule has 3 rings (SSSR count). The van der Waals surface area contributed by atoms with Crippen molar-refractivity contribution < 1.29 is 4.79 Å². The van der Waals surface area contributed by atoms with Crippen LogP contribution in [0.2, 0.25) is 0 Å². The molecule has 0 spiro atoms. The Bertz CT molecular complexity index is 564. The number of hydrogen-bond acceptors (Lipinski definition) is 3. The van der Waals surface area contributed by atoms with Gasteiger partial charge in [0, 0.05) is 18.2 Å². The molecule has 0 aliphatic carbocycles. The highest BCUT2D eigenvalue weighted by atomic mass is 16.1. The Balaban J connectivity index is 2.04. The second-order valence-electron chi connectivity index (χ2n) is 4.34. The number of ketones is 1. The smallest absolute Gasteiger partial charge is 0.201 e. The molecule has 2 aliphatic heterocycles. The number of allylic oxidation sites excluding steroid dienone is 1. The van der Waals surface area contributed by atoms with Crippen LogP contribution in [0.15, 0.2) is 45.5 Å². The maximum absolute atomic E-state index is 11.6. The standard InChI is InChI=1S/C14H12N2O/c1-9-2-4-10(5-3-9)13-14-11(6-7-15-14)12(17)8-16-13/h2-5,7-8,13H,6H2,1H3. The van der Waals surface area contributed by atoms with Crippen LogP contribution in [0, 0.1) is 6.92 Å². The second kappa shape index (κ2) is 3.77. The van der Waals surface area contributed by atoms with Crippen LogP contribution in [0.3, 0.4) is 0 Å². The third kappa shape index (κ3) is 1.64. The number of carbonyl (C=O) groups excluding carboxylic acids is 1. The Kier molecular flexibility index (Phi) is 2.25. The van der Waals surface area contributed by atoms with Crippen LogP contribution in [0.5, 0.6) is 0 Å². The van der Waals surface area contributed by atoms with Crippen molar-refractivity contribution in [2.24, 2.45) is 9.98 Å². The van der Waals surface area contributed by atoms with Gasteiger partial charge in [0.25, 0.3) is 0 Å². The highest BCUT2D eigenvalue weighted by molar-refractivity contribution is 6.37. The van der Waals surface area contributed by atoms with E-state index < -0.39 is 0 Å². The Hall–Kier alpha value is -2.03. The van der Waals surface area contributed by atoms with Crippen molar-refractivity contribution in [3.05, 3.63) is 46.7 Å². The molecule has 0 saturated heterocycles. The average Bonchev–Trinajstić information content (AvgIpc) is 2.81. The minimum Gasteiger partial charge on any atom is -0.288 e. The summed E-state index contributed by atoms with van der Waals surface area (Å²) >= 11 is 0. The molecule has 0 aromatic heterocycles. The molecule has 0 bridgehead atoms. The molecule has 0 N–H and O–H groups in total. The number of carbonyl (C=O) groups is 1. The lowest BCUT2D eigenvalue weighted by Gasteiger charge is -2.17. The van der Waals surface area contributed by atoms with Gasteiger partial charge in [-0.2, -0.15) is 0 Å². The molecule has 0 fully saturated rings. The molecule has 1 aromatic rings. The van der Waals surface area contributed by atoms with Gasteiger partial charge in [0.05, 0.1) is 11.9 Å². The van der Waals surface area contributed by atoms with Gasteiger partial charge >= 0.3 is 0 Å². The maximum Gasteiger partial charge on any atom is 0.201 e. The van der Waals surface area contributed by atoms with Crippen LogP contribution in [-0.2, 0) is 4.79 Å². The zero-order valence-corrected chi connectivity index (χ0v) is 9.55. The topological polar surface area (TPSA) is 41.8 Å². The van der Waals surface area contributed by atoms with Gasteiger partial charge < -0.3 is 0 Å². The fourth-order valence-corrected chi connectivity index (χ4v) is 2.16. The first kappa shape index (κ1) is 10.1. The summed E-state index contributed by atoms with van der Waals surface area (Å²) in [5.41, 5.74) is 3.92. The third-order valence-corrected chi connectivity index (χ3v) is 3.13. The molecule has 0 saturated carbocycles. The first-order chi connectivity index (χ1) is 8.25. The van der Waals surface area contributed by atoms with Gasteiger partial charge in [0.2, 0.25) is 5.78 Å². The number of rotatable bonds is 1. The fraction of sp³-hybridized carbons (Fsp3) is 0.214. The summed E-state index contributed by atoms with van der Waals surface area (Å²) in [6, 6.07) is 8.10. The highest BCUT2D eigenvalue weighted by Crippen LogP contribution is 2.35. The lowest BCUT2D eigenvalue weighted by Crippen LogP contribution is -2.14. The van der Waals surface area contributed by atoms with Gasteiger partial charge in [-0.1, -0.05) is 29.8 Å². The van der Waals surface area contributed by atoms with Crippen LogP contribution in [0.4, 0.5) is 0 Å². The van der Waals surface area contributed by atoms with Gasteiger partial charge in [-0.15, -0.1) is 0 Å². The normalized spacial score (nSPS) is 22.2. The predicted octanol–water partition coefficient (Wildman–Crippen LogP) is 2.42. The molecule has 0 amide bonds. The molecule has 1 unspecified atom stereocenters. The van der Waals surface area contributed by atoms with E-state index in [9.17, 15) is 4.79 Å². The number of benzene rings is 1. The van der Waals surface area contributed by atoms with E-state index in [1.54, 1.807) is 6.21 Å². The molecule has 17 heavy (non-hydrogen) atoms. The zero-order chi connectivity index (χ0) is 11.8. The van der Waals surface area contributed by atoms with Gasteiger partial charge in [-0.05, 0) is 12.5 Å². The van der Waals surface area contributed by atoms with Crippen LogP contribution < -0.4 is 0 Å². The Morgan fingerprint density at radius 2 is 2.00 bits per heavy atom. The van der Waals surface area contributed by atoms with Crippen molar-refractivity contribution in [2.75, 3.05) is 0 Å². The third-order valence-electron chi connectivity index (χ3n) is 3.13. The van der Waals surface area contributed by atoms with Crippen molar-refractivity contribution in [3.8, 4) is 0 Å². The number of Topliss-reactive ketones (excluding diaryl/α,β-unsaturated/α-hetero) is 1. The summed E-state index contributed by atoms with van der Waals surface area (Å²) in [4.78, 5) is 20.2. The average molecular weight is 224 g/mol. The van der Waals surface area contributed by atoms with Gasteiger partial charge in [0.1, 0.15) is 6.04 Å². The number of aryl methyl sites for hydroxylation is 1. The summed E-state index contributed by atoms with van der Waals surface area (Å²) in [5.74, 6) is 0.000798. The van der Waals surface area contributed by atoms with Crippen molar-refractivity contribution >= 4 is 18.2 Å². The van der Waals surface area contributed by atoms with E-state index in [4.69, 9.17) is 0 Å². The molecule has 3 heteroatoms. The summed E-state index contributed by atoms with van der Waals surface area (Å²) in [6.07, 6.45) is 3.86. The van der Waals surface area contributed by atoms with E-state index in [-0.39, 0.29) is 11.8 Å². The van der Waals surface area contributed by atoms with E-state index in [0.29, 0.717) is 6.42 Å². The zero-order valence-electron chi connectivity index (χ0n) is 9.55. The van der Waals surface area contributed by atoms with E-state index >= 15 is 0 Å². The van der Waals surface area contributed by atoms with Crippen LogP contribution in [0.25, 0.3) is 0 Å². The molecule has 2 heterocycles. The maximum atomic E-state index is 11.6. The van der Waals surface area contributed by atoms with Gasteiger partial charge in [-0.3, -0.25) is 14.8 Å². The largest absolute Gasteiger partial charge is 0.288 e. The molecule has 1 atom stereocenters. The SMILES string of the molecule is Cc1ccc(C2N=CC(=O)C3=C2N=CC3)cc1. The number of aliphatic imine (C=N–C) groups is 2. The molecule has 0 radical (unpaired) electrons. The Labute approximate surface area is 99.6 Å². The summed E-state index contributed by atoms with van der Waals surface area (Å²) in [5, 5.41) is 0. The van der Waals surface area contributed by atoms with Crippen LogP contribution in [0.1, 0.15) is 23.6 Å². The number of dihydropyridines is 1. The minimum atomic E-state index is -0.109. The molecular weight excluding hydrogens is 212 g/mol. The van der Waals surface area contributed by atoms with Gasteiger partial charge in [0.15, 0.2) is 0 Å². The molecule has 3 nitrogen and oxygen atoms in total. The van der Waals surface area contributed by atoms with E-state index in [1.165, 1.54) is 11.8 Å². The predicted molar refractivity (Wildman–Crippen MR) is 67.6 cm³/mol. The lowest BCUT2D eigenvalue weighted by atomic mass is 9.96. The van der Waals surface area contributed by atoms with Crippen molar-refractivity contribution in [2.45, 2.75) is 19.4 Å². The van der Waals surface area contributed by atoms with Crippen LogP contribution >= 0.6 is 0 Å². The number of hydrogen-bond donors (Lipinski definition) is 0. The first-order valence-electron chi connectivity index (χ1n) is 5.65. The Morgan fingerprint density at radius 3 is 2.76 bits per heavy atom. The van der Waals surface area contributed by atoms with Crippen molar-refractivity contribution in [1.29, 1.82) is 0 Å². The molecular formula is C14H12N2O. The summed E-state index contributed by atoms with van der Waals surface area (Å²) < 4.78 is 0. The molecule has 2 aliphatic rings. The minimum absolute atomic E-state index is 0.000798. The van der Waals surface area contributed by atoms with Crippen molar-refractivity contribution in [3.63, 3.8) is 0 Å². The van der Waals surface area contributed by atoms with E-state index in [0.717, 1.165) is 16.8 Å². The van der Waals surface area contributed by atoms with Gasteiger partial charge in [-0.25, -0.2) is 0 Å². The monoisotopic (exact) mass is 224 g/mol. The molecule has 84 valence electrons. The van der Waals surface area contributed by atoms with E-state index in [1.807, 2.05) is 12.1 Å². The summed E-state index contributed by atoms with van der Waals surface area (Å²) in [6.45, 7) is 2.05. The second-order valence-corrected chi connectivity index (χ2v) is 4.34.